The van der Waals surface area contributed by atoms with Crippen LogP contribution in [0.25, 0.3) is 0 Å². The Labute approximate surface area is 93.3 Å². The van der Waals surface area contributed by atoms with E-state index in [2.05, 4.69) is 5.32 Å². The Hall–Kier alpha value is -0.130. The van der Waals surface area contributed by atoms with Crippen LogP contribution in [0.3, 0.4) is 0 Å². The van der Waals surface area contributed by atoms with E-state index >= 15 is 0 Å². The van der Waals surface area contributed by atoms with E-state index in [4.69, 9.17) is 4.74 Å². The van der Waals surface area contributed by atoms with Gasteiger partial charge in [-0.05, 0) is 27.7 Å². The smallest absolute Gasteiger partial charge is 0.156 e. The molecular weight excluding hydrogens is 214 g/mol. The summed E-state index contributed by atoms with van der Waals surface area (Å²) in [5, 5.41) is 3.06. The highest BCUT2D eigenvalue weighted by atomic mass is 32.2. The standard InChI is InChI=1S/C10H23NO3S/c1-9(14-5)8-11-6-7-15(12,13)10(2,3)4/h9,11H,6-8H2,1-5H3. The molecule has 0 radical (unpaired) electrons. The third kappa shape index (κ3) is 5.49. The van der Waals surface area contributed by atoms with E-state index < -0.39 is 14.6 Å². The average molecular weight is 237 g/mol. The molecule has 1 N–H and O–H groups in total. The lowest BCUT2D eigenvalue weighted by molar-refractivity contribution is 0.118. The van der Waals surface area contributed by atoms with Crippen LogP contribution in [0.5, 0.6) is 0 Å². The Morgan fingerprint density at radius 2 is 1.87 bits per heavy atom. The summed E-state index contributed by atoms with van der Waals surface area (Å²) in [6.45, 7) is 8.26. The molecule has 0 heterocycles. The summed E-state index contributed by atoms with van der Waals surface area (Å²) < 4.78 is 27.8. The fraction of sp³-hybridized carbons (Fsp3) is 1.00. The molecule has 0 fully saturated rings. The van der Waals surface area contributed by atoms with Crippen LogP contribution in [0.1, 0.15) is 27.7 Å². The molecule has 4 nitrogen and oxygen atoms in total. The molecule has 15 heavy (non-hydrogen) atoms. The van der Waals surface area contributed by atoms with Crippen LogP contribution >= 0.6 is 0 Å². The van der Waals surface area contributed by atoms with Crippen LogP contribution in [0.15, 0.2) is 0 Å². The van der Waals surface area contributed by atoms with Crippen LogP contribution < -0.4 is 5.32 Å². The van der Waals surface area contributed by atoms with Gasteiger partial charge in [-0.25, -0.2) is 8.42 Å². The summed E-state index contributed by atoms with van der Waals surface area (Å²) >= 11 is 0. The Balaban J connectivity index is 3.88. The molecule has 1 unspecified atom stereocenters. The average Bonchev–Trinajstić information content (AvgIpc) is 2.10. The fourth-order valence-electron chi connectivity index (χ4n) is 0.901. The van der Waals surface area contributed by atoms with Crippen LogP contribution in [0.2, 0.25) is 0 Å². The van der Waals surface area contributed by atoms with Crippen LogP contribution in [-0.2, 0) is 14.6 Å². The molecule has 0 spiro atoms. The molecule has 0 aliphatic carbocycles. The maximum absolute atomic E-state index is 11.7. The highest BCUT2D eigenvalue weighted by Gasteiger charge is 2.27. The number of hydrogen-bond donors (Lipinski definition) is 1. The number of rotatable bonds is 6. The van der Waals surface area contributed by atoms with Crippen molar-refractivity contribution in [2.75, 3.05) is 26.0 Å². The van der Waals surface area contributed by atoms with Gasteiger partial charge in [0, 0.05) is 20.2 Å². The molecule has 0 aromatic rings. The van der Waals surface area contributed by atoms with Crippen molar-refractivity contribution in [2.45, 2.75) is 38.5 Å². The lowest BCUT2D eigenvalue weighted by atomic mass is 10.3. The van der Waals surface area contributed by atoms with Crippen LogP contribution in [0, 0.1) is 0 Å². The Morgan fingerprint density at radius 1 is 1.33 bits per heavy atom. The Bertz CT molecular complexity index is 267. The van der Waals surface area contributed by atoms with E-state index in [9.17, 15) is 8.42 Å². The van der Waals surface area contributed by atoms with Gasteiger partial charge in [0.2, 0.25) is 0 Å². The molecule has 0 rings (SSSR count). The molecule has 0 saturated heterocycles. The van der Waals surface area contributed by atoms with Crippen LogP contribution in [0.4, 0.5) is 0 Å². The summed E-state index contributed by atoms with van der Waals surface area (Å²) in [6.07, 6.45) is 0.113. The van der Waals surface area contributed by atoms with E-state index in [1.807, 2.05) is 6.92 Å². The number of sulfone groups is 1. The minimum absolute atomic E-state index is 0.113. The molecule has 5 heteroatoms. The van der Waals surface area contributed by atoms with Gasteiger partial charge in [0.1, 0.15) is 0 Å². The van der Waals surface area contributed by atoms with Crippen molar-refractivity contribution in [1.82, 2.24) is 5.32 Å². The zero-order valence-electron chi connectivity index (χ0n) is 10.3. The highest BCUT2D eigenvalue weighted by Crippen LogP contribution is 2.15. The van der Waals surface area contributed by atoms with Gasteiger partial charge in [-0.3, -0.25) is 0 Å². The number of ether oxygens (including phenoxy) is 1. The van der Waals surface area contributed by atoms with E-state index in [0.29, 0.717) is 13.1 Å². The van der Waals surface area contributed by atoms with Gasteiger partial charge in [0.05, 0.1) is 16.6 Å². The van der Waals surface area contributed by atoms with E-state index in [1.165, 1.54) is 0 Å². The van der Waals surface area contributed by atoms with Crippen molar-refractivity contribution >= 4 is 9.84 Å². The van der Waals surface area contributed by atoms with Crippen molar-refractivity contribution in [3.8, 4) is 0 Å². The van der Waals surface area contributed by atoms with Gasteiger partial charge in [0.15, 0.2) is 9.84 Å². The van der Waals surface area contributed by atoms with Crippen molar-refractivity contribution in [3.63, 3.8) is 0 Å². The first-order valence-electron chi connectivity index (χ1n) is 5.16. The first-order chi connectivity index (χ1) is 6.70. The van der Waals surface area contributed by atoms with Gasteiger partial charge in [-0.15, -0.1) is 0 Å². The molecule has 92 valence electrons. The lowest BCUT2D eigenvalue weighted by Gasteiger charge is -2.19. The van der Waals surface area contributed by atoms with Crippen molar-refractivity contribution in [2.24, 2.45) is 0 Å². The molecule has 1 atom stereocenters. The second-order valence-corrected chi connectivity index (χ2v) is 7.54. The zero-order valence-corrected chi connectivity index (χ0v) is 11.1. The quantitative estimate of drug-likeness (QED) is 0.695. The predicted octanol–water partition coefficient (Wildman–Crippen LogP) is 0.824. The third-order valence-electron chi connectivity index (χ3n) is 2.31. The van der Waals surface area contributed by atoms with E-state index in [0.717, 1.165) is 0 Å². The topological polar surface area (TPSA) is 55.4 Å². The van der Waals surface area contributed by atoms with E-state index in [-0.39, 0.29) is 11.9 Å². The van der Waals surface area contributed by atoms with E-state index in [1.54, 1.807) is 27.9 Å². The Kier molecular flexibility index (Phi) is 5.77. The fourth-order valence-corrected chi connectivity index (χ4v) is 1.93. The zero-order chi connectivity index (χ0) is 12.1. The number of nitrogens with one attached hydrogen (secondary N) is 1. The van der Waals surface area contributed by atoms with Crippen LogP contribution in [-0.4, -0.2) is 45.2 Å². The van der Waals surface area contributed by atoms with Gasteiger partial charge in [-0.1, -0.05) is 0 Å². The molecule has 0 aromatic heterocycles. The Morgan fingerprint density at radius 3 is 2.27 bits per heavy atom. The molecule has 0 saturated carbocycles. The maximum atomic E-state index is 11.7. The largest absolute Gasteiger partial charge is 0.380 e. The minimum Gasteiger partial charge on any atom is -0.380 e. The minimum atomic E-state index is -3.01. The molecular formula is C10H23NO3S. The van der Waals surface area contributed by atoms with Crippen molar-refractivity contribution < 1.29 is 13.2 Å². The van der Waals surface area contributed by atoms with Gasteiger partial charge < -0.3 is 10.1 Å². The third-order valence-corrected chi connectivity index (χ3v) is 4.92. The predicted molar refractivity (Wildman–Crippen MR) is 62.9 cm³/mol. The first-order valence-corrected chi connectivity index (χ1v) is 6.82. The summed E-state index contributed by atoms with van der Waals surface area (Å²) in [7, 11) is -1.37. The summed E-state index contributed by atoms with van der Waals surface area (Å²) in [5.74, 6) is 0.174. The normalized spacial score (nSPS) is 15.3. The monoisotopic (exact) mass is 237 g/mol. The van der Waals surface area contributed by atoms with Gasteiger partial charge in [0.25, 0.3) is 0 Å². The molecule has 0 amide bonds. The van der Waals surface area contributed by atoms with Crippen molar-refractivity contribution in [3.05, 3.63) is 0 Å². The molecule has 0 aliphatic rings. The second-order valence-electron chi connectivity index (χ2n) is 4.68. The molecule has 0 aliphatic heterocycles. The first kappa shape index (κ1) is 14.9. The lowest BCUT2D eigenvalue weighted by Crippen LogP contribution is -2.36. The summed E-state index contributed by atoms with van der Waals surface area (Å²) in [5.41, 5.74) is 0. The highest BCUT2D eigenvalue weighted by molar-refractivity contribution is 7.92. The second kappa shape index (κ2) is 5.82. The number of hydrogen-bond acceptors (Lipinski definition) is 4. The van der Waals surface area contributed by atoms with Gasteiger partial charge in [-0.2, -0.15) is 0 Å². The SMILES string of the molecule is COC(C)CNCCS(=O)(=O)C(C)(C)C. The van der Waals surface area contributed by atoms with Gasteiger partial charge >= 0.3 is 0 Å². The summed E-state index contributed by atoms with van der Waals surface area (Å²) in [6, 6.07) is 0. The molecule has 0 bridgehead atoms. The van der Waals surface area contributed by atoms with Crippen molar-refractivity contribution in [1.29, 1.82) is 0 Å². The number of methoxy groups -OCH3 is 1. The maximum Gasteiger partial charge on any atom is 0.156 e. The summed E-state index contributed by atoms with van der Waals surface area (Å²) in [4.78, 5) is 0. The molecule has 0 aromatic carbocycles.